The Kier molecular flexibility index (Phi) is 6.42. The Balaban J connectivity index is 1.55. The molecule has 1 atom stereocenters. The zero-order chi connectivity index (χ0) is 21.6. The topological polar surface area (TPSA) is 101 Å². The Morgan fingerprint density at radius 2 is 1.87 bits per heavy atom. The van der Waals surface area contributed by atoms with Gasteiger partial charge in [-0.2, -0.15) is 0 Å². The molecule has 0 unspecified atom stereocenters. The van der Waals surface area contributed by atoms with Crippen LogP contribution in [-0.4, -0.2) is 61.3 Å². The number of nitrogens with one attached hydrogen (secondary N) is 3. The van der Waals surface area contributed by atoms with Crippen molar-refractivity contribution < 1.29 is 19.2 Å². The van der Waals surface area contributed by atoms with Gasteiger partial charge in [-0.05, 0) is 18.6 Å². The van der Waals surface area contributed by atoms with Crippen LogP contribution >= 0.6 is 0 Å². The van der Waals surface area contributed by atoms with Crippen molar-refractivity contribution in [3.8, 4) is 0 Å². The molecule has 1 aromatic heterocycles. The first kappa shape index (κ1) is 20.8. The molecule has 2 aliphatic rings. The summed E-state index contributed by atoms with van der Waals surface area (Å²) in [5.41, 5.74) is 1.93. The first-order valence-electron chi connectivity index (χ1n) is 10.5. The van der Waals surface area contributed by atoms with E-state index in [9.17, 15) is 9.59 Å². The number of aromatic nitrogens is 2. The summed E-state index contributed by atoms with van der Waals surface area (Å²) in [6.07, 6.45) is 3.48. The number of carbonyl (C=O) groups excluding carboxylic acids is 2. The van der Waals surface area contributed by atoms with Crippen molar-refractivity contribution in [2.45, 2.75) is 13.0 Å². The Hall–Kier alpha value is -3.46. The molecule has 9 nitrogen and oxygen atoms in total. The maximum atomic E-state index is 12.9. The molecule has 0 radical (unpaired) electrons. The Bertz CT molecular complexity index is 942. The Labute approximate surface area is 181 Å². The van der Waals surface area contributed by atoms with Crippen LogP contribution in [0.1, 0.15) is 18.5 Å². The molecule has 1 fully saturated rings. The number of nitrogens with zero attached hydrogens (tertiary/aromatic N) is 3. The average molecular weight is 423 g/mol. The SMILES string of the molecule is CCOC(=O)C1=C(C[NH+]2CCN(c3ncccn3)CC2)NC(=O)N[C@@H]1c1ccccc1. The molecule has 3 heterocycles. The first-order chi connectivity index (χ1) is 15.2. The number of hydrogen-bond acceptors (Lipinski definition) is 6. The molecule has 2 aliphatic heterocycles. The van der Waals surface area contributed by atoms with Gasteiger partial charge in [-0.25, -0.2) is 19.6 Å². The summed E-state index contributed by atoms with van der Waals surface area (Å²) >= 11 is 0. The molecular formula is C22H27N6O3+. The van der Waals surface area contributed by atoms with Crippen LogP contribution in [0.25, 0.3) is 0 Å². The number of benzene rings is 1. The third-order valence-electron chi connectivity index (χ3n) is 5.51. The second kappa shape index (κ2) is 9.57. The summed E-state index contributed by atoms with van der Waals surface area (Å²) in [7, 11) is 0. The van der Waals surface area contributed by atoms with E-state index in [4.69, 9.17) is 4.74 Å². The summed E-state index contributed by atoms with van der Waals surface area (Å²) in [5, 5.41) is 5.74. The van der Waals surface area contributed by atoms with E-state index in [0.29, 0.717) is 17.8 Å². The molecule has 31 heavy (non-hydrogen) atoms. The maximum Gasteiger partial charge on any atom is 0.338 e. The summed E-state index contributed by atoms with van der Waals surface area (Å²) in [4.78, 5) is 37.4. The van der Waals surface area contributed by atoms with Gasteiger partial charge in [0.1, 0.15) is 6.54 Å². The number of piperazine rings is 1. The second-order valence-electron chi connectivity index (χ2n) is 7.52. The third-order valence-corrected chi connectivity index (χ3v) is 5.51. The van der Waals surface area contributed by atoms with Crippen LogP contribution in [0.3, 0.4) is 0 Å². The van der Waals surface area contributed by atoms with Gasteiger partial charge in [0.05, 0.1) is 50.1 Å². The van der Waals surface area contributed by atoms with Gasteiger partial charge in [-0.3, -0.25) is 0 Å². The number of hydrogen-bond donors (Lipinski definition) is 3. The number of amides is 2. The number of rotatable bonds is 6. The molecule has 4 rings (SSSR count). The van der Waals surface area contributed by atoms with Crippen LogP contribution in [0.15, 0.2) is 60.1 Å². The standard InChI is InChI=1S/C22H26N6O3/c1-2-31-20(29)18-17(25-22(30)26-19(18)16-7-4-3-5-8-16)15-27-11-13-28(14-12-27)21-23-9-6-10-24-21/h3-10,19H,2,11-15H2,1H3,(H2,25,26,30)/p+1/t19-/m1/s1. The molecule has 0 bridgehead atoms. The van der Waals surface area contributed by atoms with Gasteiger partial charge in [-0.15, -0.1) is 0 Å². The molecule has 9 heteroatoms. The molecule has 3 N–H and O–H groups in total. The first-order valence-corrected chi connectivity index (χ1v) is 10.5. The zero-order valence-electron chi connectivity index (χ0n) is 17.5. The predicted octanol–water partition coefficient (Wildman–Crippen LogP) is 0.0528. The van der Waals surface area contributed by atoms with Crippen LogP contribution in [0, 0.1) is 0 Å². The molecular weight excluding hydrogens is 396 g/mol. The fraction of sp³-hybridized carbons (Fsp3) is 0.364. The van der Waals surface area contributed by atoms with Gasteiger partial charge < -0.3 is 25.2 Å². The summed E-state index contributed by atoms with van der Waals surface area (Å²) in [5.74, 6) is 0.321. The highest BCUT2D eigenvalue weighted by Gasteiger charge is 2.35. The molecule has 2 aromatic rings. The Morgan fingerprint density at radius 3 is 2.55 bits per heavy atom. The Morgan fingerprint density at radius 1 is 1.16 bits per heavy atom. The van der Waals surface area contributed by atoms with Crippen molar-refractivity contribution in [2.24, 2.45) is 0 Å². The van der Waals surface area contributed by atoms with E-state index in [1.807, 2.05) is 30.3 Å². The largest absolute Gasteiger partial charge is 0.463 e. The molecule has 0 spiro atoms. The zero-order valence-corrected chi connectivity index (χ0v) is 17.5. The van der Waals surface area contributed by atoms with E-state index in [1.54, 1.807) is 25.4 Å². The lowest BCUT2D eigenvalue weighted by molar-refractivity contribution is -0.896. The van der Waals surface area contributed by atoms with Gasteiger partial charge in [0.2, 0.25) is 5.95 Å². The highest BCUT2D eigenvalue weighted by Crippen LogP contribution is 2.27. The fourth-order valence-electron chi connectivity index (χ4n) is 4.01. The fourth-order valence-corrected chi connectivity index (χ4v) is 4.01. The average Bonchev–Trinajstić information content (AvgIpc) is 2.80. The molecule has 0 aliphatic carbocycles. The minimum Gasteiger partial charge on any atom is -0.463 e. The van der Waals surface area contributed by atoms with Crippen molar-refractivity contribution in [2.75, 3.05) is 44.2 Å². The summed E-state index contributed by atoms with van der Waals surface area (Å²) in [6.45, 7) is 5.88. The number of quaternary nitrogens is 1. The van der Waals surface area contributed by atoms with Crippen LogP contribution in [0.2, 0.25) is 0 Å². The normalized spacial score (nSPS) is 19.6. The van der Waals surface area contributed by atoms with Crippen LogP contribution in [0.4, 0.5) is 10.7 Å². The third kappa shape index (κ3) is 4.83. The second-order valence-corrected chi connectivity index (χ2v) is 7.52. The highest BCUT2D eigenvalue weighted by atomic mass is 16.5. The predicted molar refractivity (Wildman–Crippen MR) is 114 cm³/mol. The van der Waals surface area contributed by atoms with Crippen molar-refractivity contribution >= 4 is 17.9 Å². The van der Waals surface area contributed by atoms with E-state index >= 15 is 0 Å². The highest BCUT2D eigenvalue weighted by molar-refractivity contribution is 5.95. The lowest BCUT2D eigenvalue weighted by atomic mass is 9.95. The minimum absolute atomic E-state index is 0.272. The van der Waals surface area contributed by atoms with E-state index < -0.39 is 12.0 Å². The van der Waals surface area contributed by atoms with Crippen LogP contribution in [0.5, 0.6) is 0 Å². The molecule has 0 saturated carbocycles. The van der Waals surface area contributed by atoms with Crippen molar-refractivity contribution in [3.05, 3.63) is 65.6 Å². The van der Waals surface area contributed by atoms with Gasteiger partial charge >= 0.3 is 12.0 Å². The molecule has 1 saturated heterocycles. The maximum absolute atomic E-state index is 12.9. The van der Waals surface area contributed by atoms with Crippen LogP contribution in [-0.2, 0) is 9.53 Å². The van der Waals surface area contributed by atoms with Crippen LogP contribution < -0.4 is 20.4 Å². The van der Waals surface area contributed by atoms with E-state index in [2.05, 4.69) is 25.5 Å². The van der Waals surface area contributed by atoms with Gasteiger partial charge in [0.15, 0.2) is 0 Å². The molecule has 162 valence electrons. The number of carbonyl (C=O) groups is 2. The lowest BCUT2D eigenvalue weighted by Crippen LogP contribution is -3.15. The van der Waals surface area contributed by atoms with E-state index in [0.717, 1.165) is 37.7 Å². The smallest absolute Gasteiger partial charge is 0.338 e. The van der Waals surface area contributed by atoms with Gasteiger partial charge in [0, 0.05) is 12.4 Å². The van der Waals surface area contributed by atoms with E-state index in [-0.39, 0.29) is 12.6 Å². The van der Waals surface area contributed by atoms with Crippen molar-refractivity contribution in [1.82, 2.24) is 20.6 Å². The molecule has 1 aromatic carbocycles. The monoisotopic (exact) mass is 423 g/mol. The lowest BCUT2D eigenvalue weighted by Gasteiger charge is -2.34. The van der Waals surface area contributed by atoms with Crippen molar-refractivity contribution in [1.29, 1.82) is 0 Å². The van der Waals surface area contributed by atoms with Gasteiger partial charge in [0.25, 0.3) is 0 Å². The quantitative estimate of drug-likeness (QED) is 0.568. The minimum atomic E-state index is -0.539. The number of esters is 1. The number of urea groups is 1. The summed E-state index contributed by atoms with van der Waals surface area (Å²) in [6, 6.07) is 10.4. The molecule has 2 amide bonds. The van der Waals surface area contributed by atoms with Gasteiger partial charge in [-0.1, -0.05) is 30.3 Å². The number of ether oxygens (including phenoxy) is 1. The van der Waals surface area contributed by atoms with Crippen molar-refractivity contribution in [3.63, 3.8) is 0 Å². The number of anilines is 1. The summed E-state index contributed by atoms with van der Waals surface area (Å²) < 4.78 is 5.34. The van der Waals surface area contributed by atoms with E-state index in [1.165, 1.54) is 4.90 Å².